The number of carboxylic acids is 1. The maximum Gasteiger partial charge on any atom is 0.326 e. The molecule has 0 bridgehead atoms. The number of likely N-dealkylation sites (N-methyl/N-ethyl adjacent to an activating group) is 1. The number of likely N-dealkylation sites (tertiary alicyclic amines) is 1. The second-order valence-corrected chi connectivity index (χ2v) is 6.08. The summed E-state index contributed by atoms with van der Waals surface area (Å²) in [6.07, 6.45) is 4.82. The van der Waals surface area contributed by atoms with Crippen molar-refractivity contribution in [1.82, 2.24) is 15.1 Å². The molecule has 0 radical (unpaired) electrons. The number of carbonyl (C=O) groups is 2. The molecule has 1 aliphatic heterocycles. The van der Waals surface area contributed by atoms with Crippen LogP contribution in [0, 0.1) is 0 Å². The van der Waals surface area contributed by atoms with E-state index in [0.717, 1.165) is 25.4 Å². The first-order valence-electron chi connectivity index (χ1n) is 7.00. The van der Waals surface area contributed by atoms with Crippen LogP contribution in [-0.2, 0) is 4.79 Å². The number of hydrogen-bond donors (Lipinski definition) is 2. The van der Waals surface area contributed by atoms with E-state index in [2.05, 4.69) is 10.2 Å². The molecule has 1 atom stereocenters. The number of aliphatic carboxylic acids is 1. The Hall–Kier alpha value is -0.950. The Labute approximate surface area is 124 Å². The minimum atomic E-state index is -0.972. The molecule has 6 nitrogen and oxygen atoms in total. The van der Waals surface area contributed by atoms with E-state index in [1.807, 2.05) is 6.26 Å². The van der Waals surface area contributed by atoms with Gasteiger partial charge in [0.05, 0.1) is 0 Å². The Morgan fingerprint density at radius 3 is 2.60 bits per heavy atom. The third kappa shape index (κ3) is 6.00. The van der Waals surface area contributed by atoms with Gasteiger partial charge in [-0.25, -0.2) is 9.59 Å². The molecule has 20 heavy (non-hydrogen) atoms. The number of nitrogens with one attached hydrogen (secondary N) is 1. The van der Waals surface area contributed by atoms with E-state index in [9.17, 15) is 9.59 Å². The van der Waals surface area contributed by atoms with Gasteiger partial charge in [-0.15, -0.1) is 0 Å². The lowest BCUT2D eigenvalue weighted by atomic mass is 10.2. The number of urea groups is 1. The highest BCUT2D eigenvalue weighted by atomic mass is 32.2. The van der Waals surface area contributed by atoms with Crippen LogP contribution in [0.15, 0.2) is 0 Å². The van der Waals surface area contributed by atoms with Crippen molar-refractivity contribution in [3.63, 3.8) is 0 Å². The molecule has 1 rings (SSSR count). The molecular formula is C13H25N3O3S. The van der Waals surface area contributed by atoms with E-state index in [0.29, 0.717) is 13.0 Å². The van der Waals surface area contributed by atoms with Crippen molar-refractivity contribution in [2.45, 2.75) is 25.3 Å². The van der Waals surface area contributed by atoms with Gasteiger partial charge in [-0.1, -0.05) is 0 Å². The topological polar surface area (TPSA) is 72.9 Å². The Bertz CT molecular complexity index is 322. The Kier molecular flexibility index (Phi) is 7.76. The summed E-state index contributed by atoms with van der Waals surface area (Å²) >= 11 is 1.58. The molecule has 1 saturated heterocycles. The third-order valence-electron chi connectivity index (χ3n) is 3.50. The van der Waals surface area contributed by atoms with E-state index in [1.54, 1.807) is 23.7 Å². The number of carboxylic acid groups (broad SMARTS) is 1. The van der Waals surface area contributed by atoms with Crippen LogP contribution in [0.5, 0.6) is 0 Å². The summed E-state index contributed by atoms with van der Waals surface area (Å²) < 4.78 is 0. The summed E-state index contributed by atoms with van der Waals surface area (Å²) in [7, 11) is 1.71. The van der Waals surface area contributed by atoms with Crippen LogP contribution in [0.25, 0.3) is 0 Å². The fourth-order valence-electron chi connectivity index (χ4n) is 2.15. The predicted octanol–water partition coefficient (Wildman–Crippen LogP) is 0.930. The molecule has 7 heteroatoms. The molecule has 0 saturated carbocycles. The van der Waals surface area contributed by atoms with Gasteiger partial charge in [0, 0.05) is 20.1 Å². The van der Waals surface area contributed by atoms with Crippen LogP contribution < -0.4 is 5.32 Å². The van der Waals surface area contributed by atoms with Gasteiger partial charge in [0.25, 0.3) is 0 Å². The number of hydrogen-bond acceptors (Lipinski definition) is 4. The molecule has 0 aliphatic carbocycles. The summed E-state index contributed by atoms with van der Waals surface area (Å²) in [5.74, 6) is -0.255. The van der Waals surface area contributed by atoms with Crippen molar-refractivity contribution in [3.05, 3.63) is 0 Å². The lowest BCUT2D eigenvalue weighted by Gasteiger charge is -2.23. The second kappa shape index (κ2) is 9.07. The van der Waals surface area contributed by atoms with Crippen LogP contribution in [0.2, 0.25) is 0 Å². The summed E-state index contributed by atoms with van der Waals surface area (Å²) in [6.45, 7) is 3.68. The summed E-state index contributed by atoms with van der Waals surface area (Å²) in [5, 5.41) is 11.7. The van der Waals surface area contributed by atoms with Crippen molar-refractivity contribution >= 4 is 23.8 Å². The van der Waals surface area contributed by atoms with Gasteiger partial charge in [-0.3, -0.25) is 0 Å². The van der Waals surface area contributed by atoms with Crippen molar-refractivity contribution in [3.8, 4) is 0 Å². The highest BCUT2D eigenvalue weighted by molar-refractivity contribution is 7.98. The first-order chi connectivity index (χ1) is 9.54. The first-order valence-corrected chi connectivity index (χ1v) is 8.39. The lowest BCUT2D eigenvalue weighted by Crippen LogP contribution is -2.48. The number of rotatable bonds is 8. The number of amides is 2. The molecule has 0 unspecified atom stereocenters. The molecular weight excluding hydrogens is 278 g/mol. The van der Waals surface area contributed by atoms with E-state index in [4.69, 9.17) is 5.11 Å². The Morgan fingerprint density at radius 2 is 2.05 bits per heavy atom. The van der Waals surface area contributed by atoms with Crippen molar-refractivity contribution in [1.29, 1.82) is 0 Å². The summed E-state index contributed by atoms with van der Waals surface area (Å²) in [5.41, 5.74) is 0. The van der Waals surface area contributed by atoms with Gasteiger partial charge in [0.2, 0.25) is 0 Å². The minimum Gasteiger partial charge on any atom is -0.480 e. The van der Waals surface area contributed by atoms with E-state index < -0.39 is 12.0 Å². The quantitative estimate of drug-likeness (QED) is 0.698. The smallest absolute Gasteiger partial charge is 0.326 e. The number of carbonyl (C=O) groups excluding carboxylic acids is 1. The van der Waals surface area contributed by atoms with Crippen LogP contribution >= 0.6 is 11.8 Å². The average molecular weight is 303 g/mol. The fraction of sp³-hybridized carbons (Fsp3) is 0.846. The predicted molar refractivity (Wildman–Crippen MR) is 81.3 cm³/mol. The third-order valence-corrected chi connectivity index (χ3v) is 4.15. The lowest BCUT2D eigenvalue weighted by molar-refractivity contribution is -0.139. The van der Waals surface area contributed by atoms with Gasteiger partial charge < -0.3 is 20.2 Å². The van der Waals surface area contributed by atoms with E-state index >= 15 is 0 Å². The van der Waals surface area contributed by atoms with Crippen molar-refractivity contribution in [2.75, 3.05) is 45.2 Å². The van der Waals surface area contributed by atoms with Crippen LogP contribution in [0.1, 0.15) is 19.3 Å². The van der Waals surface area contributed by atoms with Crippen LogP contribution in [-0.4, -0.2) is 78.2 Å². The largest absolute Gasteiger partial charge is 0.480 e. The number of thioether (sulfide) groups is 1. The van der Waals surface area contributed by atoms with Crippen LogP contribution in [0.3, 0.4) is 0 Å². The zero-order valence-electron chi connectivity index (χ0n) is 12.3. The molecule has 0 aromatic rings. The second-order valence-electron chi connectivity index (χ2n) is 5.09. The normalized spacial score (nSPS) is 16.9. The summed E-state index contributed by atoms with van der Waals surface area (Å²) in [4.78, 5) is 26.9. The Balaban J connectivity index is 2.32. The molecule has 0 aromatic heterocycles. The molecule has 1 aliphatic rings. The molecule has 116 valence electrons. The highest BCUT2D eigenvalue weighted by Crippen LogP contribution is 2.06. The maximum atomic E-state index is 12.0. The van der Waals surface area contributed by atoms with Crippen LogP contribution in [0.4, 0.5) is 4.79 Å². The molecule has 0 aromatic carbocycles. The zero-order valence-corrected chi connectivity index (χ0v) is 13.1. The standard InChI is InChI=1S/C13H25N3O3S/c1-15(8-9-16-6-3-4-7-16)13(19)14-11(12(17)18)5-10-20-2/h11H,3-10H2,1-2H3,(H,14,19)(H,17,18)/t11-/m1/s1. The first kappa shape index (κ1) is 17.1. The van der Waals surface area contributed by atoms with Gasteiger partial charge in [0.15, 0.2) is 0 Å². The van der Waals surface area contributed by atoms with Crippen molar-refractivity contribution in [2.24, 2.45) is 0 Å². The molecule has 1 heterocycles. The zero-order chi connectivity index (χ0) is 15.0. The SMILES string of the molecule is CSCC[C@@H](NC(=O)N(C)CCN1CCCC1)C(=O)O. The highest BCUT2D eigenvalue weighted by Gasteiger charge is 2.21. The number of nitrogens with zero attached hydrogens (tertiary/aromatic N) is 2. The van der Waals surface area contributed by atoms with Gasteiger partial charge in [-0.05, 0) is 44.4 Å². The summed E-state index contributed by atoms with van der Waals surface area (Å²) in [6, 6.07) is -1.11. The average Bonchev–Trinajstić information content (AvgIpc) is 2.93. The van der Waals surface area contributed by atoms with Gasteiger partial charge in [-0.2, -0.15) is 11.8 Å². The minimum absolute atomic E-state index is 0.308. The van der Waals surface area contributed by atoms with E-state index in [-0.39, 0.29) is 6.03 Å². The van der Waals surface area contributed by atoms with Gasteiger partial charge in [0.1, 0.15) is 6.04 Å². The molecule has 0 spiro atoms. The monoisotopic (exact) mass is 303 g/mol. The fourth-order valence-corrected chi connectivity index (χ4v) is 2.62. The Morgan fingerprint density at radius 1 is 1.40 bits per heavy atom. The van der Waals surface area contributed by atoms with Crippen molar-refractivity contribution < 1.29 is 14.7 Å². The maximum absolute atomic E-state index is 12.0. The molecule has 2 amide bonds. The molecule has 2 N–H and O–H groups in total. The van der Waals surface area contributed by atoms with E-state index in [1.165, 1.54) is 12.8 Å². The molecule has 1 fully saturated rings. The van der Waals surface area contributed by atoms with Gasteiger partial charge >= 0.3 is 12.0 Å².